The number of nitrogens with one attached hydrogen (secondary N) is 1. The molecule has 0 fully saturated rings. The first-order valence-electron chi connectivity index (χ1n) is 5.08. The van der Waals surface area contributed by atoms with Crippen LogP contribution in [0.3, 0.4) is 0 Å². The highest BCUT2D eigenvalue weighted by molar-refractivity contribution is 5.58. The Morgan fingerprint density at radius 2 is 1.48 bits per heavy atom. The third-order valence-corrected chi connectivity index (χ3v) is 2.59. The Balaban J connectivity index is 2.93. The van der Waals surface area contributed by atoms with Crippen LogP contribution < -0.4 is 10.3 Å². The van der Waals surface area contributed by atoms with Crippen molar-refractivity contribution in [3.8, 4) is 11.3 Å². The van der Waals surface area contributed by atoms with E-state index in [2.05, 4.69) is 4.52 Å². The minimum atomic E-state index is -5.65. The monoisotopic (exact) mass is 317 g/mol. The van der Waals surface area contributed by atoms with Gasteiger partial charge in [-0.3, -0.25) is 4.52 Å². The van der Waals surface area contributed by atoms with Crippen LogP contribution in [-0.2, 0) is 13.2 Å². The van der Waals surface area contributed by atoms with Crippen LogP contribution in [0.15, 0.2) is 9.32 Å². The second-order valence-corrected chi connectivity index (χ2v) is 3.89. The van der Waals surface area contributed by atoms with Gasteiger partial charge in [-0.25, -0.2) is 22.4 Å². The summed E-state index contributed by atoms with van der Waals surface area (Å²) in [5, 5.41) is 1.80. The van der Waals surface area contributed by atoms with Crippen LogP contribution in [0, 0.1) is 23.3 Å². The SMILES string of the molecule is C[n+]1[nH]oc(=O)c1-c1c(F)c(F)c(C(F)(F)F)c(F)c1F. The normalized spacial score (nSPS) is 12.0. The van der Waals surface area contributed by atoms with Crippen LogP contribution in [-0.4, -0.2) is 5.27 Å². The molecule has 0 aliphatic rings. The van der Waals surface area contributed by atoms with Gasteiger partial charge in [-0.1, -0.05) is 4.68 Å². The summed E-state index contributed by atoms with van der Waals surface area (Å²) in [4.78, 5) is 11.2. The smallest absolute Gasteiger partial charge is 0.283 e. The lowest BCUT2D eigenvalue weighted by Gasteiger charge is -2.11. The number of alkyl halides is 3. The second-order valence-electron chi connectivity index (χ2n) is 3.89. The molecular weight excluding hydrogens is 313 g/mol. The summed E-state index contributed by atoms with van der Waals surface area (Å²) in [7, 11) is 0.993. The predicted octanol–water partition coefficient (Wildman–Crippen LogP) is 2.03. The molecule has 114 valence electrons. The van der Waals surface area contributed by atoms with Crippen molar-refractivity contribution in [3.05, 3.63) is 39.3 Å². The van der Waals surface area contributed by atoms with Gasteiger partial charge in [-0.15, -0.1) is 0 Å². The van der Waals surface area contributed by atoms with Gasteiger partial charge in [-0.05, 0) is 5.27 Å². The maximum absolute atomic E-state index is 13.7. The van der Waals surface area contributed by atoms with Gasteiger partial charge in [0.15, 0.2) is 30.3 Å². The standard InChI is InChI=1S/C10H3F7N2O2/c1-19-8(9(20)21-18-19)2-4(11)6(13)3(10(15,16)17)7(14)5(2)12/h1H3/p+1. The summed E-state index contributed by atoms with van der Waals surface area (Å²) in [6.07, 6.45) is -5.65. The first kappa shape index (κ1) is 15.1. The molecule has 2 aromatic rings. The fourth-order valence-electron chi connectivity index (χ4n) is 1.70. The molecule has 11 heteroatoms. The maximum Gasteiger partial charge on any atom is 0.435 e. The summed E-state index contributed by atoms with van der Waals surface area (Å²) in [5.74, 6) is -10.0. The van der Waals surface area contributed by atoms with E-state index in [4.69, 9.17) is 0 Å². The highest BCUT2D eigenvalue weighted by Crippen LogP contribution is 2.38. The minimum Gasteiger partial charge on any atom is -0.283 e. The van der Waals surface area contributed by atoms with Crippen LogP contribution in [0.4, 0.5) is 30.7 Å². The molecule has 1 heterocycles. The first-order valence-corrected chi connectivity index (χ1v) is 5.08. The summed E-state index contributed by atoms with van der Waals surface area (Å²) in [6.45, 7) is 0. The molecule has 0 saturated heterocycles. The molecule has 0 aliphatic carbocycles. The van der Waals surface area contributed by atoms with E-state index in [1.807, 2.05) is 0 Å². The molecule has 0 bridgehead atoms. The van der Waals surface area contributed by atoms with E-state index in [1.54, 1.807) is 5.27 Å². The lowest BCUT2D eigenvalue weighted by molar-refractivity contribution is -0.730. The molecular formula is C10H4F7N2O2+. The number of aromatic amines is 1. The summed E-state index contributed by atoms with van der Waals surface area (Å²) in [5.41, 5.74) is -6.76. The Morgan fingerprint density at radius 1 is 1.00 bits per heavy atom. The van der Waals surface area contributed by atoms with E-state index >= 15 is 0 Å². The van der Waals surface area contributed by atoms with Crippen LogP contribution in [0.1, 0.15) is 5.56 Å². The lowest BCUT2D eigenvalue weighted by Crippen LogP contribution is -2.34. The first-order chi connectivity index (χ1) is 9.57. The average molecular weight is 317 g/mol. The number of aryl methyl sites for hydroxylation is 1. The number of nitrogens with zero attached hydrogens (tertiary/aromatic N) is 1. The van der Waals surface area contributed by atoms with Gasteiger partial charge in [0.2, 0.25) is 0 Å². The van der Waals surface area contributed by atoms with Gasteiger partial charge in [-0.2, -0.15) is 13.2 Å². The van der Waals surface area contributed by atoms with E-state index in [1.165, 1.54) is 0 Å². The number of aromatic nitrogens is 2. The molecule has 1 aromatic carbocycles. The molecule has 0 unspecified atom stereocenters. The Morgan fingerprint density at radius 3 is 1.81 bits per heavy atom. The molecule has 0 atom stereocenters. The largest absolute Gasteiger partial charge is 0.435 e. The van der Waals surface area contributed by atoms with E-state index in [0.29, 0.717) is 4.68 Å². The molecule has 1 N–H and O–H groups in total. The zero-order valence-electron chi connectivity index (χ0n) is 9.91. The molecule has 0 amide bonds. The van der Waals surface area contributed by atoms with Crippen LogP contribution in [0.2, 0.25) is 0 Å². The lowest BCUT2D eigenvalue weighted by atomic mass is 10.1. The Kier molecular flexibility index (Phi) is 3.30. The molecule has 4 nitrogen and oxygen atoms in total. The van der Waals surface area contributed by atoms with Crippen LogP contribution >= 0.6 is 0 Å². The molecule has 0 radical (unpaired) electrons. The third-order valence-electron chi connectivity index (χ3n) is 2.59. The summed E-state index contributed by atoms with van der Waals surface area (Å²) >= 11 is 0. The fourth-order valence-corrected chi connectivity index (χ4v) is 1.70. The van der Waals surface area contributed by atoms with Gasteiger partial charge in [0, 0.05) is 0 Å². The predicted molar refractivity (Wildman–Crippen MR) is 50.8 cm³/mol. The van der Waals surface area contributed by atoms with Crippen molar-refractivity contribution in [2.24, 2.45) is 7.05 Å². The van der Waals surface area contributed by atoms with Gasteiger partial charge >= 0.3 is 17.5 Å². The fraction of sp³-hybridized carbons (Fsp3) is 0.200. The molecule has 21 heavy (non-hydrogen) atoms. The number of hydrogen-bond donors (Lipinski definition) is 1. The summed E-state index contributed by atoms with van der Waals surface area (Å²) < 4.78 is 96.0. The van der Waals surface area contributed by atoms with Crippen LogP contribution in [0.25, 0.3) is 11.3 Å². The van der Waals surface area contributed by atoms with E-state index in [9.17, 15) is 35.5 Å². The highest BCUT2D eigenvalue weighted by atomic mass is 19.4. The third kappa shape index (κ3) is 2.17. The van der Waals surface area contributed by atoms with Crippen molar-refractivity contribution in [2.75, 3.05) is 0 Å². The van der Waals surface area contributed by atoms with Crippen molar-refractivity contribution >= 4 is 0 Å². The number of benzene rings is 1. The number of halogens is 7. The van der Waals surface area contributed by atoms with Crippen molar-refractivity contribution < 1.29 is 39.9 Å². The quantitative estimate of drug-likeness (QED) is 0.497. The van der Waals surface area contributed by atoms with Crippen molar-refractivity contribution in [1.82, 2.24) is 5.27 Å². The topological polar surface area (TPSA) is 49.9 Å². The van der Waals surface area contributed by atoms with Gasteiger partial charge in [0.25, 0.3) is 0 Å². The van der Waals surface area contributed by atoms with Crippen molar-refractivity contribution in [3.63, 3.8) is 0 Å². The van der Waals surface area contributed by atoms with E-state index in [-0.39, 0.29) is 0 Å². The Hall–Kier alpha value is -2.33. The second kappa shape index (κ2) is 4.60. The average Bonchev–Trinajstić information content (AvgIpc) is 2.67. The number of hydrogen-bond acceptors (Lipinski definition) is 2. The van der Waals surface area contributed by atoms with E-state index < -0.39 is 51.9 Å². The van der Waals surface area contributed by atoms with Crippen LogP contribution in [0.5, 0.6) is 0 Å². The van der Waals surface area contributed by atoms with Crippen molar-refractivity contribution in [2.45, 2.75) is 6.18 Å². The molecule has 0 saturated carbocycles. The number of rotatable bonds is 1. The number of H-pyrrole nitrogens is 1. The minimum absolute atomic E-state index is 0.552. The molecule has 0 aliphatic heterocycles. The van der Waals surface area contributed by atoms with Gasteiger partial charge < -0.3 is 0 Å². The highest BCUT2D eigenvalue weighted by Gasteiger charge is 2.44. The van der Waals surface area contributed by atoms with Gasteiger partial charge in [0.05, 0.1) is 0 Å². The summed E-state index contributed by atoms with van der Waals surface area (Å²) in [6, 6.07) is 0. The maximum atomic E-state index is 13.7. The molecule has 0 spiro atoms. The van der Waals surface area contributed by atoms with Crippen molar-refractivity contribution in [1.29, 1.82) is 0 Å². The van der Waals surface area contributed by atoms with E-state index in [0.717, 1.165) is 7.05 Å². The Bertz CT molecular complexity index is 746. The zero-order valence-corrected chi connectivity index (χ0v) is 9.91. The zero-order chi connectivity index (χ0) is 16.1. The molecule has 1 aromatic heterocycles. The Labute approximate surface area is 110 Å². The molecule has 2 rings (SSSR count). The van der Waals surface area contributed by atoms with Gasteiger partial charge in [0.1, 0.15) is 11.1 Å².